The lowest BCUT2D eigenvalue weighted by atomic mass is 10.4. The number of nitrogens with zero attached hydrogens (tertiary/aromatic N) is 6. The molecule has 2 aromatic heterocycles. The predicted octanol–water partition coefficient (Wildman–Crippen LogP) is 0.588. The monoisotopic (exact) mass is 342 g/mol. The number of aliphatic imine (C=N–C) groups is 1. The summed E-state index contributed by atoms with van der Waals surface area (Å²) in [6.07, 6.45) is 3.56. The zero-order valence-electron chi connectivity index (χ0n) is 13.1. The van der Waals surface area contributed by atoms with E-state index in [1.54, 1.807) is 29.1 Å². The van der Waals surface area contributed by atoms with Crippen LogP contribution in [-0.4, -0.2) is 67.1 Å². The molecule has 0 aromatic carbocycles. The van der Waals surface area contributed by atoms with Gasteiger partial charge in [-0.1, -0.05) is 0 Å². The van der Waals surface area contributed by atoms with Crippen molar-refractivity contribution in [2.24, 2.45) is 4.99 Å². The Labute approximate surface area is 133 Å². The van der Waals surface area contributed by atoms with Crippen LogP contribution >= 0.6 is 7.60 Å². The highest BCUT2D eigenvalue weighted by Gasteiger charge is 2.17. The fourth-order valence-corrected chi connectivity index (χ4v) is 2.27. The van der Waals surface area contributed by atoms with E-state index in [1.807, 2.05) is 14.1 Å². The Hall–Kier alpha value is -1.87. The maximum absolute atomic E-state index is 10.8. The van der Waals surface area contributed by atoms with Crippen molar-refractivity contribution >= 4 is 30.9 Å². The summed E-state index contributed by atoms with van der Waals surface area (Å²) < 4.78 is 17.7. The molecule has 2 aromatic rings. The van der Waals surface area contributed by atoms with Crippen LogP contribution in [0.5, 0.6) is 0 Å². The number of fused-ring (bicyclic) bond motifs is 1. The fraction of sp³-hybridized carbons (Fsp3) is 0.500. The van der Waals surface area contributed by atoms with Crippen LogP contribution in [0.4, 0.5) is 5.82 Å². The molecule has 0 saturated heterocycles. The van der Waals surface area contributed by atoms with Gasteiger partial charge in [0, 0.05) is 14.1 Å². The zero-order valence-corrected chi connectivity index (χ0v) is 14.0. The van der Waals surface area contributed by atoms with Crippen molar-refractivity contribution in [1.82, 2.24) is 24.4 Å². The van der Waals surface area contributed by atoms with Gasteiger partial charge in [0.2, 0.25) is 0 Å². The van der Waals surface area contributed by atoms with Crippen LogP contribution in [0.15, 0.2) is 17.6 Å². The summed E-state index contributed by atoms with van der Waals surface area (Å²) in [5, 5.41) is 0. The molecule has 0 aliphatic rings. The number of hydrogen-bond acceptors (Lipinski definition) is 6. The molecule has 0 fully saturated rings. The average molecular weight is 342 g/mol. The molecule has 0 spiro atoms. The second-order valence-corrected chi connectivity index (χ2v) is 6.83. The van der Waals surface area contributed by atoms with Gasteiger partial charge in [0.15, 0.2) is 17.0 Å². The summed E-state index contributed by atoms with van der Waals surface area (Å²) in [7, 11) is -0.485. The van der Waals surface area contributed by atoms with Gasteiger partial charge < -0.3 is 24.0 Å². The maximum atomic E-state index is 10.8. The first-order valence-electron chi connectivity index (χ1n) is 6.79. The van der Waals surface area contributed by atoms with Crippen LogP contribution in [0, 0.1) is 0 Å². The Kier molecular flexibility index (Phi) is 5.42. The Morgan fingerprint density at radius 1 is 1.43 bits per heavy atom. The van der Waals surface area contributed by atoms with Gasteiger partial charge in [-0.25, -0.2) is 19.9 Å². The average Bonchev–Trinajstić information content (AvgIpc) is 2.86. The normalized spacial score (nSPS) is 13.8. The third kappa shape index (κ3) is 5.07. The highest BCUT2D eigenvalue weighted by molar-refractivity contribution is 7.51. The standard InChI is InChI=1S/C12H19N6O4P/c1-9(22-8-23(19,20)21)4-18-7-15-10-11(16-6-17(2)3)13-5-14-12(10)18/h5-7,9H,4,8H2,1-3H3,(H2,19,20,21)/b16-6+/t9-/m1/s1. The summed E-state index contributed by atoms with van der Waals surface area (Å²) >= 11 is 0. The van der Waals surface area contributed by atoms with E-state index in [0.29, 0.717) is 23.5 Å². The lowest BCUT2D eigenvalue weighted by Gasteiger charge is -2.14. The minimum atomic E-state index is -4.18. The van der Waals surface area contributed by atoms with Crippen molar-refractivity contribution in [2.45, 2.75) is 19.6 Å². The first-order valence-corrected chi connectivity index (χ1v) is 8.58. The molecule has 2 rings (SSSR count). The topological polar surface area (TPSA) is 126 Å². The maximum Gasteiger partial charge on any atom is 0.350 e. The molecule has 10 nitrogen and oxygen atoms in total. The molecule has 0 amide bonds. The van der Waals surface area contributed by atoms with Crippen LogP contribution in [0.25, 0.3) is 11.2 Å². The SMILES string of the molecule is C[C@H](Cn1cnc2c(/N=C/N(C)C)ncnc21)OCP(=O)(O)O. The van der Waals surface area contributed by atoms with Crippen LogP contribution in [-0.2, 0) is 15.8 Å². The lowest BCUT2D eigenvalue weighted by molar-refractivity contribution is 0.0764. The number of hydrogen-bond donors (Lipinski definition) is 2. The molecule has 0 aliphatic carbocycles. The number of aromatic nitrogens is 4. The third-order valence-corrected chi connectivity index (χ3v) is 3.26. The van der Waals surface area contributed by atoms with Crippen molar-refractivity contribution < 1.29 is 19.1 Å². The van der Waals surface area contributed by atoms with Gasteiger partial charge in [0.1, 0.15) is 12.7 Å². The quantitative estimate of drug-likeness (QED) is 0.425. The zero-order chi connectivity index (χ0) is 17.0. The lowest BCUT2D eigenvalue weighted by Crippen LogP contribution is -2.17. The minimum absolute atomic E-state index is 0.352. The van der Waals surface area contributed by atoms with E-state index < -0.39 is 20.0 Å². The van der Waals surface area contributed by atoms with Gasteiger partial charge in [-0.2, -0.15) is 0 Å². The molecule has 1 atom stereocenters. The Morgan fingerprint density at radius 3 is 2.83 bits per heavy atom. The number of imidazole rings is 1. The summed E-state index contributed by atoms with van der Waals surface area (Å²) in [4.78, 5) is 36.2. The molecular weight excluding hydrogens is 323 g/mol. The first-order chi connectivity index (χ1) is 10.8. The highest BCUT2D eigenvalue weighted by atomic mass is 31.2. The van der Waals surface area contributed by atoms with Gasteiger partial charge in [0.05, 0.1) is 25.3 Å². The van der Waals surface area contributed by atoms with Gasteiger partial charge in [-0.15, -0.1) is 0 Å². The molecule has 2 heterocycles. The van der Waals surface area contributed by atoms with Crippen molar-refractivity contribution in [3.63, 3.8) is 0 Å². The van der Waals surface area contributed by atoms with E-state index in [2.05, 4.69) is 19.9 Å². The van der Waals surface area contributed by atoms with Crippen molar-refractivity contribution in [1.29, 1.82) is 0 Å². The summed E-state index contributed by atoms with van der Waals surface area (Å²) in [6.45, 7) is 2.07. The van der Waals surface area contributed by atoms with Crippen LogP contribution in [0.3, 0.4) is 0 Å². The van der Waals surface area contributed by atoms with Crippen LogP contribution in [0.1, 0.15) is 6.92 Å². The van der Waals surface area contributed by atoms with E-state index in [1.165, 1.54) is 6.33 Å². The number of ether oxygens (including phenoxy) is 1. The van der Waals surface area contributed by atoms with Gasteiger partial charge >= 0.3 is 7.60 Å². The molecule has 0 unspecified atom stereocenters. The second kappa shape index (κ2) is 7.14. The smallest absolute Gasteiger partial charge is 0.350 e. The molecule has 11 heteroatoms. The van der Waals surface area contributed by atoms with Crippen molar-refractivity contribution in [3.05, 3.63) is 12.7 Å². The molecule has 2 N–H and O–H groups in total. The summed E-state index contributed by atoms with van der Waals surface area (Å²) in [5.74, 6) is 0.450. The van der Waals surface area contributed by atoms with Gasteiger partial charge in [0.25, 0.3) is 0 Å². The fourth-order valence-electron chi connectivity index (χ4n) is 1.82. The molecule has 0 bridgehead atoms. The van der Waals surface area contributed by atoms with E-state index in [0.717, 1.165) is 0 Å². The van der Waals surface area contributed by atoms with E-state index in [4.69, 9.17) is 14.5 Å². The van der Waals surface area contributed by atoms with Gasteiger partial charge in [-0.3, -0.25) is 4.57 Å². The highest BCUT2D eigenvalue weighted by Crippen LogP contribution is 2.34. The molecule has 126 valence electrons. The molecule has 23 heavy (non-hydrogen) atoms. The van der Waals surface area contributed by atoms with Gasteiger partial charge in [-0.05, 0) is 6.92 Å². The first kappa shape index (κ1) is 17.5. The Balaban J connectivity index is 2.16. The minimum Gasteiger partial charge on any atom is -0.369 e. The molecule has 0 aliphatic heterocycles. The molecule has 0 radical (unpaired) electrons. The molecular formula is C12H19N6O4P. The van der Waals surface area contributed by atoms with Crippen LogP contribution in [0.2, 0.25) is 0 Å². The van der Waals surface area contributed by atoms with E-state index in [9.17, 15) is 4.57 Å². The Morgan fingerprint density at radius 2 is 2.17 bits per heavy atom. The summed E-state index contributed by atoms with van der Waals surface area (Å²) in [6, 6.07) is 0. The van der Waals surface area contributed by atoms with E-state index >= 15 is 0 Å². The second-order valence-electron chi connectivity index (χ2n) is 5.25. The largest absolute Gasteiger partial charge is 0.369 e. The third-order valence-electron chi connectivity index (χ3n) is 2.77. The summed E-state index contributed by atoms with van der Waals surface area (Å²) in [5.41, 5.74) is 1.13. The van der Waals surface area contributed by atoms with Crippen molar-refractivity contribution in [3.8, 4) is 0 Å². The number of rotatable bonds is 7. The Bertz CT molecular complexity index is 740. The van der Waals surface area contributed by atoms with Crippen LogP contribution < -0.4 is 0 Å². The predicted molar refractivity (Wildman–Crippen MR) is 84.6 cm³/mol. The van der Waals surface area contributed by atoms with E-state index in [-0.39, 0.29) is 0 Å². The molecule has 0 saturated carbocycles. The van der Waals surface area contributed by atoms with Crippen molar-refractivity contribution in [2.75, 3.05) is 20.4 Å².